The van der Waals surface area contributed by atoms with Gasteiger partial charge in [-0.1, -0.05) is 42.0 Å². The molecule has 7 N–H and O–H groups in total. The quantitative estimate of drug-likeness (QED) is 0.0414. The normalized spacial score (nSPS) is 12.1. The summed E-state index contributed by atoms with van der Waals surface area (Å²) in [4.78, 5) is 58.5. The first-order chi connectivity index (χ1) is 21.3. The summed E-state index contributed by atoms with van der Waals surface area (Å²) in [7, 11) is -9.93. The van der Waals surface area contributed by atoms with E-state index in [9.17, 15) is 33.5 Å². The summed E-state index contributed by atoms with van der Waals surface area (Å²) in [6.45, 7) is 3.16. The van der Waals surface area contributed by atoms with Crippen LogP contribution in [0.3, 0.4) is 0 Å². The number of ether oxygens (including phenoxy) is 1. The fraction of sp³-hybridized carbons (Fsp3) is 0.370. The number of nitrogens with zero attached hydrogens (tertiary/aromatic N) is 3. The number of fused-ring (bicyclic) bond motifs is 3. The standard InChI is InChI=1S/C27H34IN5O10P2/c1-2-3-4-23-32-25-26(33(23)16-18-14-19(42-44(35,36)37)6-8-22(18)43-45(38,39)40)20-13-17(5-7-21(20)31-27(25)29)9-11-41-12-10-30-24(34)15-28/h5-8,13-14H,2-4,9-12,15-16H2,1H3,(H2,29,31)(H,30,34)(H2,35,36,37)(H2,38,39,40). The SMILES string of the molecule is CCCCc1nc2c(N)nc3ccc(CCOCCNC(=O)CI)cc3c2n1Cc1cc(OP(=O)(O)O)ccc1OP(=O)(O)O. The maximum Gasteiger partial charge on any atom is 0.524 e. The van der Waals surface area contributed by atoms with Crippen molar-refractivity contribution in [3.8, 4) is 11.5 Å². The number of amides is 1. The Morgan fingerprint density at radius 1 is 1.02 bits per heavy atom. The van der Waals surface area contributed by atoms with Gasteiger partial charge in [-0.15, -0.1) is 0 Å². The molecule has 4 rings (SSSR count). The van der Waals surface area contributed by atoms with Gasteiger partial charge in [0.1, 0.15) is 22.8 Å². The lowest BCUT2D eigenvalue weighted by Gasteiger charge is -2.17. The smallest absolute Gasteiger partial charge is 0.404 e. The zero-order valence-corrected chi connectivity index (χ0v) is 28.2. The molecular weight excluding hydrogens is 743 g/mol. The van der Waals surface area contributed by atoms with Gasteiger partial charge < -0.3 is 29.4 Å². The minimum atomic E-state index is -5.00. The lowest BCUT2D eigenvalue weighted by atomic mass is 10.1. The Hall–Kier alpha value is -2.82. The van der Waals surface area contributed by atoms with Crippen LogP contribution < -0.4 is 20.1 Å². The van der Waals surface area contributed by atoms with Gasteiger partial charge in [-0.05, 0) is 48.7 Å². The van der Waals surface area contributed by atoms with Gasteiger partial charge in [0.25, 0.3) is 0 Å². The fourth-order valence-electron chi connectivity index (χ4n) is 4.72. The van der Waals surface area contributed by atoms with Crippen molar-refractivity contribution in [1.29, 1.82) is 0 Å². The minimum Gasteiger partial charge on any atom is -0.404 e. The Labute approximate surface area is 272 Å². The molecule has 0 bridgehead atoms. The van der Waals surface area contributed by atoms with Crippen molar-refractivity contribution in [2.45, 2.75) is 39.2 Å². The van der Waals surface area contributed by atoms with Crippen molar-refractivity contribution in [3.05, 3.63) is 53.3 Å². The number of benzene rings is 2. The molecule has 0 aliphatic rings. The second kappa shape index (κ2) is 15.2. The molecule has 0 unspecified atom stereocenters. The van der Waals surface area contributed by atoms with Gasteiger partial charge in [-0.3, -0.25) is 24.4 Å². The molecule has 45 heavy (non-hydrogen) atoms. The number of alkyl halides is 1. The van der Waals surface area contributed by atoms with Crippen LogP contribution in [0.25, 0.3) is 21.9 Å². The largest absolute Gasteiger partial charge is 0.524 e. The van der Waals surface area contributed by atoms with E-state index in [1.165, 1.54) is 12.1 Å². The molecule has 0 aliphatic heterocycles. The number of aryl methyl sites for hydroxylation is 1. The molecule has 4 aromatic rings. The summed E-state index contributed by atoms with van der Waals surface area (Å²) in [5, 5.41) is 3.48. The second-order valence-electron chi connectivity index (χ2n) is 10.0. The summed E-state index contributed by atoms with van der Waals surface area (Å²) in [6.07, 6.45) is 2.76. The van der Waals surface area contributed by atoms with Crippen molar-refractivity contribution < 1.29 is 47.3 Å². The number of nitrogen functional groups attached to an aromatic ring is 1. The monoisotopic (exact) mass is 777 g/mol. The topological polar surface area (TPSA) is 229 Å². The lowest BCUT2D eigenvalue weighted by molar-refractivity contribution is -0.118. The number of hydrogen-bond acceptors (Lipinski definition) is 9. The third-order valence-electron chi connectivity index (χ3n) is 6.63. The first-order valence-electron chi connectivity index (χ1n) is 13.9. The average Bonchev–Trinajstić information content (AvgIpc) is 3.32. The zero-order chi connectivity index (χ0) is 32.8. The van der Waals surface area contributed by atoms with E-state index in [1.54, 1.807) is 0 Å². The molecule has 2 heterocycles. The summed E-state index contributed by atoms with van der Waals surface area (Å²) in [6, 6.07) is 9.26. The third-order valence-corrected chi connectivity index (χ3v) is 8.20. The number of carbonyl (C=O) groups is 1. The number of nitrogens with one attached hydrogen (secondary N) is 1. The second-order valence-corrected chi connectivity index (χ2v) is 13.1. The first kappa shape index (κ1) is 35.0. The van der Waals surface area contributed by atoms with Crippen LogP contribution in [0.4, 0.5) is 5.82 Å². The fourth-order valence-corrected chi connectivity index (χ4v) is 5.81. The van der Waals surface area contributed by atoms with Gasteiger partial charge in [-0.25, -0.2) is 19.1 Å². The molecule has 0 fully saturated rings. The number of rotatable bonds is 16. The maximum absolute atomic E-state index is 11.8. The van der Waals surface area contributed by atoms with Crippen LogP contribution in [0.2, 0.25) is 0 Å². The summed E-state index contributed by atoms with van der Waals surface area (Å²) in [5.41, 5.74) is 9.13. The van der Waals surface area contributed by atoms with E-state index in [2.05, 4.69) is 10.3 Å². The molecule has 0 saturated carbocycles. The van der Waals surface area contributed by atoms with Crippen LogP contribution in [-0.4, -0.2) is 64.2 Å². The molecule has 0 aliphatic carbocycles. The molecule has 18 heteroatoms. The Kier molecular flexibility index (Phi) is 11.8. The van der Waals surface area contributed by atoms with E-state index in [1.807, 2.05) is 52.3 Å². The number of phosphoric acid groups is 2. The number of hydrogen-bond donors (Lipinski definition) is 6. The Bertz CT molecular complexity index is 1770. The van der Waals surface area contributed by atoms with Gasteiger partial charge in [0.2, 0.25) is 5.91 Å². The molecule has 0 spiro atoms. The number of halogens is 1. The molecule has 0 saturated heterocycles. The number of pyridine rings is 1. The third kappa shape index (κ3) is 9.83. The highest BCUT2D eigenvalue weighted by atomic mass is 127. The number of nitrogens with two attached hydrogens (primary N) is 1. The van der Waals surface area contributed by atoms with Gasteiger partial charge >= 0.3 is 15.6 Å². The molecule has 244 valence electrons. The van der Waals surface area contributed by atoms with Gasteiger partial charge in [0.15, 0.2) is 5.82 Å². The molecule has 2 aromatic carbocycles. The molecule has 15 nitrogen and oxygen atoms in total. The number of anilines is 1. The molecule has 0 atom stereocenters. The van der Waals surface area contributed by atoms with Gasteiger partial charge in [0.05, 0.1) is 35.2 Å². The molecule has 0 radical (unpaired) electrons. The number of phosphoric ester groups is 2. The molecular formula is C27H34IN5O10P2. The number of aromatic nitrogens is 3. The summed E-state index contributed by atoms with van der Waals surface area (Å²) < 4.78 is 40.9. The van der Waals surface area contributed by atoms with Gasteiger partial charge in [0, 0.05) is 23.9 Å². The van der Waals surface area contributed by atoms with E-state index in [4.69, 9.17) is 24.5 Å². The van der Waals surface area contributed by atoms with Crippen LogP contribution in [0.5, 0.6) is 11.5 Å². The van der Waals surface area contributed by atoms with Crippen molar-refractivity contribution in [1.82, 2.24) is 19.9 Å². The Balaban J connectivity index is 1.77. The summed E-state index contributed by atoms with van der Waals surface area (Å²) >= 11 is 1.99. The first-order valence-corrected chi connectivity index (χ1v) is 18.5. The van der Waals surface area contributed by atoms with Gasteiger partial charge in [-0.2, -0.15) is 0 Å². The van der Waals surface area contributed by atoms with Crippen molar-refractivity contribution >= 4 is 71.9 Å². The Morgan fingerprint density at radius 2 is 1.78 bits per heavy atom. The highest BCUT2D eigenvalue weighted by molar-refractivity contribution is 14.1. The Morgan fingerprint density at radius 3 is 2.47 bits per heavy atom. The van der Waals surface area contributed by atoms with E-state index < -0.39 is 15.6 Å². The van der Waals surface area contributed by atoms with Crippen LogP contribution in [0.15, 0.2) is 36.4 Å². The van der Waals surface area contributed by atoms with Crippen LogP contribution in [0.1, 0.15) is 36.7 Å². The number of carbonyl (C=O) groups excluding carboxylic acids is 1. The van der Waals surface area contributed by atoms with E-state index in [0.29, 0.717) is 59.4 Å². The lowest BCUT2D eigenvalue weighted by Crippen LogP contribution is -2.28. The van der Waals surface area contributed by atoms with Crippen molar-refractivity contribution in [3.63, 3.8) is 0 Å². The number of imidazole rings is 1. The highest BCUT2D eigenvalue weighted by Crippen LogP contribution is 2.43. The van der Waals surface area contributed by atoms with E-state index in [-0.39, 0.29) is 35.3 Å². The van der Waals surface area contributed by atoms with Crippen molar-refractivity contribution in [2.75, 3.05) is 29.9 Å². The summed E-state index contributed by atoms with van der Waals surface area (Å²) in [5.74, 6) is 0.338. The highest BCUT2D eigenvalue weighted by Gasteiger charge is 2.24. The molecule has 1 amide bonds. The predicted octanol–water partition coefficient (Wildman–Crippen LogP) is 3.61. The minimum absolute atomic E-state index is 0.0547. The molecule has 2 aromatic heterocycles. The van der Waals surface area contributed by atoms with E-state index >= 15 is 0 Å². The van der Waals surface area contributed by atoms with Crippen LogP contribution >= 0.6 is 38.2 Å². The maximum atomic E-state index is 11.8. The predicted molar refractivity (Wildman–Crippen MR) is 175 cm³/mol. The van der Waals surface area contributed by atoms with Crippen LogP contribution in [0, 0.1) is 0 Å². The average molecular weight is 777 g/mol. The zero-order valence-electron chi connectivity index (χ0n) is 24.3. The number of unbranched alkanes of at least 4 members (excludes halogenated alkanes) is 1. The van der Waals surface area contributed by atoms with Crippen LogP contribution in [-0.2, 0) is 38.0 Å². The van der Waals surface area contributed by atoms with Crippen molar-refractivity contribution in [2.24, 2.45) is 0 Å². The van der Waals surface area contributed by atoms with E-state index in [0.717, 1.165) is 29.9 Å².